The number of ether oxygens (including phenoxy) is 1. The summed E-state index contributed by atoms with van der Waals surface area (Å²) in [5.74, 6) is 0.718. The Morgan fingerprint density at radius 3 is 2.32 bits per heavy atom. The van der Waals surface area contributed by atoms with Crippen LogP contribution in [0.15, 0.2) is 53.6 Å². The topological polar surface area (TPSA) is 48.3 Å². The second-order valence-corrected chi connectivity index (χ2v) is 7.13. The van der Waals surface area contributed by atoms with Gasteiger partial charge in [-0.1, -0.05) is 17.7 Å². The van der Waals surface area contributed by atoms with Gasteiger partial charge in [-0.05, 0) is 49.7 Å². The van der Waals surface area contributed by atoms with Gasteiger partial charge in [-0.25, -0.2) is 12.4 Å². The Bertz CT molecular complexity index is 938. The van der Waals surface area contributed by atoms with Gasteiger partial charge in [0.05, 0.1) is 17.5 Å². The molecule has 3 rings (SSSR count). The largest absolute Gasteiger partial charge is 0.497 e. The lowest BCUT2D eigenvalue weighted by atomic mass is 10.1. The zero-order valence-corrected chi connectivity index (χ0v) is 13.5. The molecule has 0 spiro atoms. The second kappa shape index (κ2) is 5.18. The molecule has 0 atom stereocenters. The molecule has 0 aliphatic carbocycles. The molecule has 1 aromatic heterocycles. The van der Waals surface area contributed by atoms with Crippen LogP contribution < -0.4 is 4.74 Å². The van der Waals surface area contributed by atoms with Crippen molar-refractivity contribution in [3.8, 4) is 5.75 Å². The molecular formula is C17H17NO3S. The third kappa shape index (κ3) is 2.27. The van der Waals surface area contributed by atoms with Gasteiger partial charge in [-0.2, -0.15) is 0 Å². The van der Waals surface area contributed by atoms with Gasteiger partial charge in [0.2, 0.25) is 0 Å². The average Bonchev–Trinajstić information content (AvgIpc) is 2.92. The lowest BCUT2D eigenvalue weighted by Gasteiger charge is -2.10. The molecule has 0 N–H and O–H groups in total. The summed E-state index contributed by atoms with van der Waals surface area (Å²) < 4.78 is 32.3. The van der Waals surface area contributed by atoms with Crippen LogP contribution in [0.4, 0.5) is 0 Å². The quantitative estimate of drug-likeness (QED) is 0.743. The van der Waals surface area contributed by atoms with E-state index in [-0.39, 0.29) is 4.90 Å². The maximum absolute atomic E-state index is 12.9. The number of rotatable bonds is 3. The van der Waals surface area contributed by atoms with Crippen LogP contribution >= 0.6 is 0 Å². The van der Waals surface area contributed by atoms with Gasteiger partial charge in [-0.15, -0.1) is 0 Å². The summed E-state index contributed by atoms with van der Waals surface area (Å²) in [6.07, 6.45) is 1.59. The predicted molar refractivity (Wildman–Crippen MR) is 87.0 cm³/mol. The fourth-order valence-electron chi connectivity index (χ4n) is 2.57. The zero-order valence-electron chi connectivity index (χ0n) is 12.7. The Kier molecular flexibility index (Phi) is 3.45. The molecule has 0 saturated heterocycles. The van der Waals surface area contributed by atoms with Crippen molar-refractivity contribution < 1.29 is 13.2 Å². The molecule has 22 heavy (non-hydrogen) atoms. The van der Waals surface area contributed by atoms with E-state index in [2.05, 4.69) is 0 Å². The third-order valence-corrected chi connectivity index (χ3v) is 5.42. The first kappa shape index (κ1) is 14.7. The lowest BCUT2D eigenvalue weighted by Crippen LogP contribution is -2.12. The van der Waals surface area contributed by atoms with E-state index in [0.29, 0.717) is 5.52 Å². The smallest absolute Gasteiger partial charge is 0.268 e. The monoisotopic (exact) mass is 315 g/mol. The first-order chi connectivity index (χ1) is 10.4. The van der Waals surface area contributed by atoms with Crippen molar-refractivity contribution in [2.75, 3.05) is 7.11 Å². The van der Waals surface area contributed by atoms with E-state index in [1.807, 2.05) is 26.0 Å². The van der Waals surface area contributed by atoms with Crippen molar-refractivity contribution in [2.24, 2.45) is 0 Å². The second-order valence-electron chi connectivity index (χ2n) is 5.31. The molecule has 114 valence electrons. The van der Waals surface area contributed by atoms with Gasteiger partial charge in [0.1, 0.15) is 5.75 Å². The summed E-state index contributed by atoms with van der Waals surface area (Å²) in [5.41, 5.74) is 2.56. The van der Waals surface area contributed by atoms with E-state index in [0.717, 1.165) is 22.3 Å². The summed E-state index contributed by atoms with van der Waals surface area (Å²) in [6, 6.07) is 12.3. The SMILES string of the molecule is COc1cc(C)c2c(ccn2S(=O)(=O)c2ccc(C)cc2)c1. The van der Waals surface area contributed by atoms with Gasteiger partial charge in [0.25, 0.3) is 10.0 Å². The summed E-state index contributed by atoms with van der Waals surface area (Å²) in [5, 5.41) is 0.840. The number of aromatic nitrogens is 1. The molecular weight excluding hydrogens is 298 g/mol. The molecule has 0 saturated carbocycles. The third-order valence-electron chi connectivity index (χ3n) is 3.73. The predicted octanol–water partition coefficient (Wildman–Crippen LogP) is 3.50. The maximum Gasteiger partial charge on any atom is 0.268 e. The standard InChI is InChI=1S/C17H17NO3S/c1-12-4-6-16(7-5-12)22(19,20)18-9-8-14-11-15(21-3)10-13(2)17(14)18/h4-11H,1-3H3. The first-order valence-electron chi connectivity index (χ1n) is 6.91. The minimum atomic E-state index is -3.61. The van der Waals surface area contributed by atoms with E-state index < -0.39 is 10.0 Å². The van der Waals surface area contributed by atoms with E-state index in [1.165, 1.54) is 3.97 Å². The van der Waals surface area contributed by atoms with Crippen LogP contribution in [0.25, 0.3) is 10.9 Å². The van der Waals surface area contributed by atoms with E-state index in [4.69, 9.17) is 4.74 Å². The van der Waals surface area contributed by atoms with Gasteiger partial charge >= 0.3 is 0 Å². The van der Waals surface area contributed by atoms with Crippen LogP contribution in [0.1, 0.15) is 11.1 Å². The highest BCUT2D eigenvalue weighted by molar-refractivity contribution is 7.90. The van der Waals surface area contributed by atoms with Crippen molar-refractivity contribution in [3.63, 3.8) is 0 Å². The number of fused-ring (bicyclic) bond motifs is 1. The van der Waals surface area contributed by atoms with Crippen molar-refractivity contribution in [1.29, 1.82) is 0 Å². The molecule has 5 heteroatoms. The van der Waals surface area contributed by atoms with Crippen molar-refractivity contribution >= 4 is 20.9 Å². The molecule has 0 unspecified atom stereocenters. The van der Waals surface area contributed by atoms with Crippen LogP contribution in [0.5, 0.6) is 5.75 Å². The van der Waals surface area contributed by atoms with Gasteiger partial charge in [-0.3, -0.25) is 0 Å². The van der Waals surface area contributed by atoms with E-state index in [9.17, 15) is 8.42 Å². The summed E-state index contributed by atoms with van der Waals surface area (Å²) >= 11 is 0. The number of methoxy groups -OCH3 is 1. The van der Waals surface area contributed by atoms with E-state index in [1.54, 1.807) is 43.6 Å². The van der Waals surface area contributed by atoms with Crippen LogP contribution in [-0.2, 0) is 10.0 Å². The van der Waals surface area contributed by atoms with Gasteiger partial charge < -0.3 is 4.74 Å². The molecule has 0 radical (unpaired) electrons. The highest BCUT2D eigenvalue weighted by Crippen LogP contribution is 2.28. The van der Waals surface area contributed by atoms with Crippen LogP contribution in [0.2, 0.25) is 0 Å². The maximum atomic E-state index is 12.9. The Balaban J connectivity index is 2.24. The first-order valence-corrected chi connectivity index (χ1v) is 8.35. The van der Waals surface area contributed by atoms with Crippen molar-refractivity contribution in [3.05, 3.63) is 59.8 Å². The highest BCUT2D eigenvalue weighted by atomic mass is 32.2. The highest BCUT2D eigenvalue weighted by Gasteiger charge is 2.20. The van der Waals surface area contributed by atoms with Crippen LogP contribution in [0.3, 0.4) is 0 Å². The fourth-order valence-corrected chi connectivity index (χ4v) is 3.98. The Hall–Kier alpha value is -2.27. The molecule has 0 amide bonds. The van der Waals surface area contributed by atoms with Crippen molar-refractivity contribution in [1.82, 2.24) is 3.97 Å². The fraction of sp³-hybridized carbons (Fsp3) is 0.176. The molecule has 2 aromatic carbocycles. The molecule has 0 aliphatic heterocycles. The number of hydrogen-bond donors (Lipinski definition) is 0. The van der Waals surface area contributed by atoms with Crippen molar-refractivity contribution in [2.45, 2.75) is 18.7 Å². The van der Waals surface area contributed by atoms with E-state index >= 15 is 0 Å². The summed E-state index contributed by atoms with van der Waals surface area (Å²) in [6.45, 7) is 3.81. The molecule has 1 heterocycles. The Morgan fingerprint density at radius 2 is 1.68 bits per heavy atom. The van der Waals surface area contributed by atoms with Gasteiger partial charge in [0, 0.05) is 11.6 Å². The van der Waals surface area contributed by atoms with Crippen LogP contribution in [0, 0.1) is 13.8 Å². The number of benzene rings is 2. The molecule has 4 nitrogen and oxygen atoms in total. The number of nitrogens with zero attached hydrogens (tertiary/aromatic N) is 1. The average molecular weight is 315 g/mol. The minimum Gasteiger partial charge on any atom is -0.497 e. The Morgan fingerprint density at radius 1 is 1.00 bits per heavy atom. The molecule has 0 fully saturated rings. The number of hydrogen-bond acceptors (Lipinski definition) is 3. The molecule has 0 aliphatic rings. The summed E-state index contributed by atoms with van der Waals surface area (Å²) in [7, 11) is -2.01. The Labute approximate surface area is 130 Å². The molecule has 3 aromatic rings. The summed E-state index contributed by atoms with van der Waals surface area (Å²) in [4.78, 5) is 0.283. The lowest BCUT2D eigenvalue weighted by molar-refractivity contribution is 0.415. The minimum absolute atomic E-state index is 0.283. The zero-order chi connectivity index (χ0) is 15.9. The normalized spacial score (nSPS) is 11.8. The van der Waals surface area contributed by atoms with Gasteiger partial charge in [0.15, 0.2) is 0 Å². The van der Waals surface area contributed by atoms with Crippen LogP contribution in [-0.4, -0.2) is 19.5 Å². The molecule has 0 bridgehead atoms. The number of aryl methyl sites for hydroxylation is 2.